The molecule has 1 aromatic carbocycles. The van der Waals surface area contributed by atoms with Gasteiger partial charge in [-0.2, -0.15) is 9.29 Å². The van der Waals surface area contributed by atoms with E-state index in [9.17, 15) is 13.2 Å². The van der Waals surface area contributed by atoms with Gasteiger partial charge in [-0.05, 0) is 44.5 Å². The Kier molecular flexibility index (Phi) is 5.43. The van der Waals surface area contributed by atoms with Crippen LogP contribution in [0.1, 0.15) is 24.9 Å². The standard InChI is InChI=1S/C18H22N4O4S/c1-12-10-18(20-13(2)19-12)26-16-8-9-22(11-16)27(24,25)17-6-4-15(5-7-17)21-14(3)23/h4-7,10,16H,8-9,11H2,1-3H3,(H,21,23). The van der Waals surface area contributed by atoms with Gasteiger partial charge in [-0.15, -0.1) is 0 Å². The zero-order valence-corrected chi connectivity index (χ0v) is 16.3. The van der Waals surface area contributed by atoms with Crippen LogP contribution in [-0.4, -0.2) is 47.8 Å². The van der Waals surface area contributed by atoms with E-state index in [0.29, 0.717) is 30.4 Å². The number of anilines is 1. The number of rotatable bonds is 5. The van der Waals surface area contributed by atoms with Crippen molar-refractivity contribution in [2.24, 2.45) is 0 Å². The molecule has 1 fully saturated rings. The lowest BCUT2D eigenvalue weighted by molar-refractivity contribution is -0.114. The molecule has 0 bridgehead atoms. The molecule has 1 aromatic heterocycles. The Balaban J connectivity index is 1.68. The lowest BCUT2D eigenvalue weighted by atomic mass is 10.3. The number of hydrogen-bond donors (Lipinski definition) is 1. The number of hydrogen-bond acceptors (Lipinski definition) is 6. The molecule has 3 rings (SSSR count). The molecule has 1 amide bonds. The smallest absolute Gasteiger partial charge is 0.243 e. The molecule has 0 saturated carbocycles. The fraction of sp³-hybridized carbons (Fsp3) is 0.389. The summed E-state index contributed by atoms with van der Waals surface area (Å²) in [6, 6.07) is 7.87. The third-order valence-corrected chi connectivity index (χ3v) is 6.03. The van der Waals surface area contributed by atoms with Crippen molar-refractivity contribution >= 4 is 21.6 Å². The van der Waals surface area contributed by atoms with Crippen molar-refractivity contribution in [1.29, 1.82) is 0 Å². The van der Waals surface area contributed by atoms with E-state index < -0.39 is 10.0 Å². The van der Waals surface area contributed by atoms with Crippen molar-refractivity contribution in [3.05, 3.63) is 41.9 Å². The summed E-state index contributed by atoms with van der Waals surface area (Å²) in [5, 5.41) is 2.62. The van der Waals surface area contributed by atoms with Crippen molar-refractivity contribution in [2.45, 2.75) is 38.2 Å². The molecule has 1 atom stereocenters. The van der Waals surface area contributed by atoms with E-state index in [1.54, 1.807) is 25.1 Å². The molecule has 1 N–H and O–H groups in total. The van der Waals surface area contributed by atoms with Crippen LogP contribution in [-0.2, 0) is 14.8 Å². The fourth-order valence-corrected chi connectivity index (χ4v) is 4.48. The minimum Gasteiger partial charge on any atom is -0.473 e. The van der Waals surface area contributed by atoms with Gasteiger partial charge in [-0.25, -0.2) is 13.4 Å². The first-order valence-corrected chi connectivity index (χ1v) is 10.0. The highest BCUT2D eigenvalue weighted by Crippen LogP contribution is 2.24. The monoisotopic (exact) mass is 390 g/mol. The SMILES string of the molecule is CC(=O)Nc1ccc(S(=O)(=O)N2CCC(Oc3cc(C)nc(C)n3)C2)cc1. The predicted molar refractivity (Wildman–Crippen MR) is 100 cm³/mol. The molecule has 1 saturated heterocycles. The fourth-order valence-electron chi connectivity index (χ4n) is 2.99. The number of nitrogens with zero attached hydrogens (tertiary/aromatic N) is 3. The molecule has 1 unspecified atom stereocenters. The third-order valence-electron chi connectivity index (χ3n) is 4.15. The van der Waals surface area contributed by atoms with E-state index >= 15 is 0 Å². The first-order chi connectivity index (χ1) is 12.7. The van der Waals surface area contributed by atoms with Crippen LogP contribution >= 0.6 is 0 Å². The first kappa shape index (κ1) is 19.2. The summed E-state index contributed by atoms with van der Waals surface area (Å²) >= 11 is 0. The summed E-state index contributed by atoms with van der Waals surface area (Å²) in [5.41, 5.74) is 1.36. The summed E-state index contributed by atoms with van der Waals surface area (Å²) < 4.78 is 32.9. The number of sulfonamides is 1. The Labute approximate surface area is 158 Å². The van der Waals surface area contributed by atoms with Crippen LogP contribution in [0.4, 0.5) is 5.69 Å². The van der Waals surface area contributed by atoms with Gasteiger partial charge >= 0.3 is 0 Å². The highest BCUT2D eigenvalue weighted by molar-refractivity contribution is 7.89. The summed E-state index contributed by atoms with van der Waals surface area (Å²) in [5.74, 6) is 0.871. The summed E-state index contributed by atoms with van der Waals surface area (Å²) in [7, 11) is -3.62. The highest BCUT2D eigenvalue weighted by Gasteiger charge is 2.33. The predicted octanol–water partition coefficient (Wildman–Crippen LogP) is 1.89. The van der Waals surface area contributed by atoms with Crippen LogP contribution in [0.25, 0.3) is 0 Å². The minimum atomic E-state index is -3.62. The van der Waals surface area contributed by atoms with Gasteiger partial charge in [-0.1, -0.05) is 0 Å². The number of carbonyl (C=O) groups excluding carboxylic acids is 1. The van der Waals surface area contributed by atoms with Gasteiger partial charge in [0, 0.05) is 30.9 Å². The van der Waals surface area contributed by atoms with Crippen LogP contribution in [0, 0.1) is 13.8 Å². The second-order valence-corrected chi connectivity index (χ2v) is 8.43. The molecule has 9 heteroatoms. The van der Waals surface area contributed by atoms with Crippen LogP contribution in [0.5, 0.6) is 5.88 Å². The third kappa shape index (κ3) is 4.61. The number of amides is 1. The Morgan fingerprint density at radius 1 is 1.22 bits per heavy atom. The average molecular weight is 390 g/mol. The topological polar surface area (TPSA) is 101 Å². The maximum atomic E-state index is 12.8. The van der Waals surface area contributed by atoms with Gasteiger partial charge < -0.3 is 10.1 Å². The lowest BCUT2D eigenvalue weighted by Crippen LogP contribution is -2.31. The Bertz CT molecular complexity index is 924. The second kappa shape index (κ2) is 7.61. The summed E-state index contributed by atoms with van der Waals surface area (Å²) in [4.78, 5) is 19.7. The zero-order valence-electron chi connectivity index (χ0n) is 15.5. The molecule has 0 spiro atoms. The molecule has 1 aliphatic rings. The second-order valence-electron chi connectivity index (χ2n) is 6.49. The molecule has 1 aliphatic heterocycles. The number of ether oxygens (including phenoxy) is 1. The van der Waals surface area contributed by atoms with Crippen molar-refractivity contribution in [3.8, 4) is 5.88 Å². The molecule has 0 aliphatic carbocycles. The van der Waals surface area contributed by atoms with E-state index in [1.807, 2.05) is 6.92 Å². The van der Waals surface area contributed by atoms with Gasteiger partial charge in [0.25, 0.3) is 0 Å². The maximum absolute atomic E-state index is 12.8. The summed E-state index contributed by atoms with van der Waals surface area (Å²) in [6.45, 7) is 5.69. The molecular weight excluding hydrogens is 368 g/mol. The number of nitrogens with one attached hydrogen (secondary N) is 1. The first-order valence-electron chi connectivity index (χ1n) is 8.61. The average Bonchev–Trinajstić information content (AvgIpc) is 3.03. The Morgan fingerprint density at radius 2 is 1.93 bits per heavy atom. The number of benzene rings is 1. The molecule has 2 heterocycles. The van der Waals surface area contributed by atoms with Gasteiger partial charge in [0.2, 0.25) is 21.8 Å². The van der Waals surface area contributed by atoms with Gasteiger partial charge in [0.05, 0.1) is 11.4 Å². The van der Waals surface area contributed by atoms with Crippen molar-refractivity contribution in [1.82, 2.24) is 14.3 Å². The molecule has 8 nitrogen and oxygen atoms in total. The normalized spacial score (nSPS) is 17.7. The van der Waals surface area contributed by atoms with Crippen LogP contribution in [0.2, 0.25) is 0 Å². The minimum absolute atomic E-state index is 0.186. The zero-order chi connectivity index (χ0) is 19.6. The van der Waals surface area contributed by atoms with Crippen molar-refractivity contribution in [3.63, 3.8) is 0 Å². The van der Waals surface area contributed by atoms with Gasteiger partial charge in [0.15, 0.2) is 0 Å². The van der Waals surface area contributed by atoms with Crippen LogP contribution in [0.15, 0.2) is 35.2 Å². The van der Waals surface area contributed by atoms with Crippen LogP contribution in [0.3, 0.4) is 0 Å². The molecule has 27 heavy (non-hydrogen) atoms. The van der Waals surface area contributed by atoms with Gasteiger partial charge in [0.1, 0.15) is 11.9 Å². The number of aromatic nitrogens is 2. The quantitative estimate of drug-likeness (QED) is 0.837. The largest absolute Gasteiger partial charge is 0.473 e. The molecule has 2 aromatic rings. The van der Waals surface area contributed by atoms with E-state index in [-0.39, 0.29) is 23.5 Å². The van der Waals surface area contributed by atoms with Crippen molar-refractivity contribution in [2.75, 3.05) is 18.4 Å². The Morgan fingerprint density at radius 3 is 2.56 bits per heavy atom. The van der Waals surface area contributed by atoms with Crippen molar-refractivity contribution < 1.29 is 17.9 Å². The maximum Gasteiger partial charge on any atom is 0.243 e. The number of aryl methyl sites for hydroxylation is 2. The van der Waals surface area contributed by atoms with E-state index in [2.05, 4.69) is 15.3 Å². The van der Waals surface area contributed by atoms with Crippen LogP contribution < -0.4 is 10.1 Å². The van der Waals surface area contributed by atoms with E-state index in [4.69, 9.17) is 4.74 Å². The lowest BCUT2D eigenvalue weighted by Gasteiger charge is -2.17. The highest BCUT2D eigenvalue weighted by atomic mass is 32.2. The number of carbonyl (C=O) groups is 1. The van der Waals surface area contributed by atoms with E-state index in [1.165, 1.54) is 23.4 Å². The molecule has 0 radical (unpaired) electrons. The molecule has 144 valence electrons. The van der Waals surface area contributed by atoms with E-state index in [0.717, 1.165) is 5.69 Å². The summed E-state index contributed by atoms with van der Waals surface area (Å²) in [6.07, 6.45) is 0.331. The Hall–Kier alpha value is -2.52. The van der Waals surface area contributed by atoms with Gasteiger partial charge in [-0.3, -0.25) is 4.79 Å². The molecular formula is C18H22N4O4S.